The number of pyridine rings is 1. The number of hydrogen-bond donors (Lipinski definition) is 1. The van der Waals surface area contributed by atoms with Crippen molar-refractivity contribution in [2.45, 2.75) is 0 Å². The van der Waals surface area contributed by atoms with Gasteiger partial charge in [0.15, 0.2) is 6.61 Å². The second kappa shape index (κ2) is 8.38. The average Bonchev–Trinajstić information content (AvgIpc) is 3.29. The van der Waals surface area contributed by atoms with E-state index in [-0.39, 0.29) is 11.3 Å². The lowest BCUT2D eigenvalue weighted by atomic mass is 10.1. The molecule has 0 unspecified atom stereocenters. The number of carbonyl (C=O) groups is 2. The number of nitrogens with zero attached hydrogens (tertiary/aromatic N) is 1. The van der Waals surface area contributed by atoms with Crippen LogP contribution in [-0.4, -0.2) is 23.5 Å². The summed E-state index contributed by atoms with van der Waals surface area (Å²) in [5.41, 5.74) is 1.16. The quantitative estimate of drug-likeness (QED) is 0.456. The van der Waals surface area contributed by atoms with Crippen LogP contribution >= 0.6 is 11.3 Å². The second-order valence-electron chi connectivity index (χ2n) is 6.30. The highest BCUT2D eigenvalue weighted by atomic mass is 32.1. The Labute approximate surface area is 173 Å². The fourth-order valence-electron chi connectivity index (χ4n) is 2.88. The molecule has 8 heteroatoms. The molecule has 0 aliphatic carbocycles. The molecular formula is C22H14F2N2O3S. The van der Waals surface area contributed by atoms with Crippen molar-refractivity contribution in [2.75, 3.05) is 11.9 Å². The van der Waals surface area contributed by atoms with Gasteiger partial charge in [-0.25, -0.2) is 18.6 Å². The molecule has 1 N–H and O–H groups in total. The number of anilines is 1. The monoisotopic (exact) mass is 424 g/mol. The summed E-state index contributed by atoms with van der Waals surface area (Å²) in [4.78, 5) is 30.2. The predicted octanol–water partition coefficient (Wildman–Crippen LogP) is 5.04. The molecule has 0 saturated heterocycles. The van der Waals surface area contributed by atoms with Gasteiger partial charge in [0.25, 0.3) is 5.91 Å². The predicted molar refractivity (Wildman–Crippen MR) is 110 cm³/mol. The van der Waals surface area contributed by atoms with Crippen molar-refractivity contribution >= 4 is 39.8 Å². The van der Waals surface area contributed by atoms with Crippen LogP contribution in [0.5, 0.6) is 0 Å². The number of halogens is 2. The highest BCUT2D eigenvalue weighted by Crippen LogP contribution is 2.28. The maximum absolute atomic E-state index is 13.7. The second-order valence-corrected chi connectivity index (χ2v) is 7.25. The van der Waals surface area contributed by atoms with Crippen LogP contribution in [0, 0.1) is 11.6 Å². The van der Waals surface area contributed by atoms with Gasteiger partial charge in [-0.15, -0.1) is 11.3 Å². The minimum atomic E-state index is -0.795. The first-order chi connectivity index (χ1) is 14.5. The summed E-state index contributed by atoms with van der Waals surface area (Å²) in [6.45, 7) is -0.653. The van der Waals surface area contributed by atoms with Crippen LogP contribution in [0.2, 0.25) is 0 Å². The van der Waals surface area contributed by atoms with Crippen molar-refractivity contribution in [3.63, 3.8) is 0 Å². The van der Waals surface area contributed by atoms with Crippen molar-refractivity contribution < 1.29 is 23.1 Å². The summed E-state index contributed by atoms with van der Waals surface area (Å²) in [6, 6.07) is 15.1. The molecule has 4 aromatic rings. The normalized spacial score (nSPS) is 10.7. The number of thiophene rings is 1. The molecule has 0 aliphatic heterocycles. The summed E-state index contributed by atoms with van der Waals surface area (Å²) in [5, 5.41) is 4.67. The molecule has 0 aliphatic rings. The van der Waals surface area contributed by atoms with Gasteiger partial charge in [0.1, 0.15) is 11.6 Å². The van der Waals surface area contributed by atoms with Crippen LogP contribution in [0.25, 0.3) is 21.5 Å². The first kappa shape index (κ1) is 19.7. The van der Waals surface area contributed by atoms with E-state index in [1.54, 1.807) is 24.3 Å². The van der Waals surface area contributed by atoms with Crippen LogP contribution in [0.3, 0.4) is 0 Å². The smallest absolute Gasteiger partial charge is 0.339 e. The number of benzene rings is 2. The Hall–Kier alpha value is -3.65. The molecule has 0 fully saturated rings. The molecule has 0 saturated carbocycles. The third-order valence-corrected chi connectivity index (χ3v) is 5.14. The molecule has 150 valence electrons. The van der Waals surface area contributed by atoms with Crippen LogP contribution in [0.4, 0.5) is 14.5 Å². The summed E-state index contributed by atoms with van der Waals surface area (Å²) in [5.74, 6) is -3.00. The Kier molecular flexibility index (Phi) is 5.49. The molecule has 2 heterocycles. The van der Waals surface area contributed by atoms with Gasteiger partial charge in [0, 0.05) is 11.5 Å². The number of esters is 1. The summed E-state index contributed by atoms with van der Waals surface area (Å²) in [7, 11) is 0. The van der Waals surface area contributed by atoms with E-state index in [0.717, 1.165) is 23.1 Å². The average molecular weight is 424 g/mol. The van der Waals surface area contributed by atoms with Gasteiger partial charge in [-0.05, 0) is 35.7 Å². The van der Waals surface area contributed by atoms with Crippen molar-refractivity contribution in [1.82, 2.24) is 4.98 Å². The highest BCUT2D eigenvalue weighted by molar-refractivity contribution is 7.13. The maximum atomic E-state index is 13.7. The number of fused-ring (bicyclic) bond motifs is 1. The highest BCUT2D eigenvalue weighted by Gasteiger charge is 2.17. The summed E-state index contributed by atoms with van der Waals surface area (Å²) >= 11 is 1.48. The lowest BCUT2D eigenvalue weighted by Gasteiger charge is -2.10. The van der Waals surface area contributed by atoms with E-state index in [1.807, 2.05) is 23.6 Å². The Morgan fingerprint density at radius 3 is 2.67 bits per heavy atom. The van der Waals surface area contributed by atoms with Gasteiger partial charge < -0.3 is 10.1 Å². The van der Waals surface area contributed by atoms with E-state index >= 15 is 0 Å². The zero-order valence-electron chi connectivity index (χ0n) is 15.4. The van der Waals surface area contributed by atoms with E-state index < -0.39 is 30.1 Å². The fourth-order valence-corrected chi connectivity index (χ4v) is 3.57. The summed E-state index contributed by atoms with van der Waals surface area (Å²) < 4.78 is 32.0. The number of rotatable bonds is 5. The third-order valence-electron chi connectivity index (χ3n) is 4.25. The first-order valence-corrected chi connectivity index (χ1v) is 9.75. The van der Waals surface area contributed by atoms with Crippen LogP contribution < -0.4 is 5.32 Å². The Balaban J connectivity index is 1.54. The van der Waals surface area contributed by atoms with E-state index in [2.05, 4.69) is 10.3 Å². The topological polar surface area (TPSA) is 68.3 Å². The molecule has 0 spiro atoms. The van der Waals surface area contributed by atoms with Gasteiger partial charge in [-0.2, -0.15) is 0 Å². The van der Waals surface area contributed by atoms with Crippen LogP contribution in [0.1, 0.15) is 10.4 Å². The number of amides is 1. The fraction of sp³-hybridized carbons (Fsp3) is 0.0455. The van der Waals surface area contributed by atoms with Gasteiger partial charge in [-0.3, -0.25) is 4.79 Å². The molecule has 0 radical (unpaired) electrons. The molecular weight excluding hydrogens is 410 g/mol. The summed E-state index contributed by atoms with van der Waals surface area (Å²) in [6.07, 6.45) is 0. The maximum Gasteiger partial charge on any atom is 0.339 e. The van der Waals surface area contributed by atoms with E-state index in [9.17, 15) is 18.4 Å². The van der Waals surface area contributed by atoms with Gasteiger partial charge in [0.05, 0.1) is 27.3 Å². The first-order valence-electron chi connectivity index (χ1n) is 8.87. The number of para-hydroxylation sites is 1. The minimum absolute atomic E-state index is 0.258. The zero-order chi connectivity index (χ0) is 21.1. The lowest BCUT2D eigenvalue weighted by molar-refractivity contribution is -0.119. The standard InChI is InChI=1S/C22H14F2N2O3S/c23-13-7-8-16(24)18(10-13)26-21(27)12-29-22(28)15-11-19(20-6-3-9-30-20)25-17-5-2-1-4-14(15)17/h1-11H,12H2,(H,26,27). The molecule has 0 bridgehead atoms. The Bertz CT molecular complexity index is 1240. The number of aromatic nitrogens is 1. The lowest BCUT2D eigenvalue weighted by Crippen LogP contribution is -2.21. The molecule has 2 aromatic heterocycles. The third kappa shape index (κ3) is 4.18. The molecule has 1 amide bonds. The number of nitrogens with one attached hydrogen (secondary N) is 1. The van der Waals surface area contributed by atoms with Crippen molar-refractivity contribution in [3.8, 4) is 10.6 Å². The Morgan fingerprint density at radius 1 is 1.03 bits per heavy atom. The molecule has 30 heavy (non-hydrogen) atoms. The molecule has 0 atom stereocenters. The SMILES string of the molecule is O=C(COC(=O)c1cc(-c2cccs2)nc2ccccc12)Nc1cc(F)ccc1F. The van der Waals surface area contributed by atoms with E-state index in [4.69, 9.17) is 4.74 Å². The van der Waals surface area contributed by atoms with Crippen LogP contribution in [-0.2, 0) is 9.53 Å². The van der Waals surface area contributed by atoms with Gasteiger partial charge in [-0.1, -0.05) is 24.3 Å². The zero-order valence-corrected chi connectivity index (χ0v) is 16.2. The molecule has 5 nitrogen and oxygen atoms in total. The molecule has 2 aromatic carbocycles. The van der Waals surface area contributed by atoms with Crippen LogP contribution in [0.15, 0.2) is 66.0 Å². The van der Waals surface area contributed by atoms with Crippen molar-refractivity contribution in [3.05, 3.63) is 83.2 Å². The van der Waals surface area contributed by atoms with Gasteiger partial charge >= 0.3 is 5.97 Å². The Morgan fingerprint density at radius 2 is 1.87 bits per heavy atom. The van der Waals surface area contributed by atoms with Crippen molar-refractivity contribution in [1.29, 1.82) is 0 Å². The largest absolute Gasteiger partial charge is 0.452 e. The van der Waals surface area contributed by atoms with Crippen molar-refractivity contribution in [2.24, 2.45) is 0 Å². The van der Waals surface area contributed by atoms with E-state index in [0.29, 0.717) is 16.6 Å². The number of carbonyl (C=O) groups excluding carboxylic acids is 2. The minimum Gasteiger partial charge on any atom is -0.452 e. The number of hydrogen-bond acceptors (Lipinski definition) is 5. The van der Waals surface area contributed by atoms with E-state index in [1.165, 1.54) is 11.3 Å². The number of ether oxygens (including phenoxy) is 1. The van der Waals surface area contributed by atoms with Gasteiger partial charge in [0.2, 0.25) is 0 Å². The molecule has 4 rings (SSSR count).